The van der Waals surface area contributed by atoms with Gasteiger partial charge in [-0.05, 0) is 46.9 Å². The minimum absolute atomic E-state index is 0.0552. The second-order valence-electron chi connectivity index (χ2n) is 4.51. The van der Waals surface area contributed by atoms with E-state index in [1.54, 1.807) is 23.0 Å². The van der Waals surface area contributed by atoms with E-state index in [-0.39, 0.29) is 5.69 Å². The Labute approximate surface area is 139 Å². The number of pyridine rings is 1. The van der Waals surface area contributed by atoms with Crippen molar-refractivity contribution in [2.24, 2.45) is 0 Å². The van der Waals surface area contributed by atoms with E-state index in [1.165, 1.54) is 12.1 Å². The van der Waals surface area contributed by atoms with E-state index in [0.717, 1.165) is 15.0 Å². The molecule has 0 fully saturated rings. The van der Waals surface area contributed by atoms with E-state index in [0.29, 0.717) is 12.2 Å². The van der Waals surface area contributed by atoms with Crippen LogP contribution in [-0.2, 0) is 6.54 Å². The SMILES string of the molecule is O=[N+]([O-])c1ccc(-c2nnn(Cc3ccccn3)c2I)cc1. The van der Waals surface area contributed by atoms with Crippen molar-refractivity contribution in [1.82, 2.24) is 20.0 Å². The number of nitro groups is 1. The zero-order valence-electron chi connectivity index (χ0n) is 11.3. The molecule has 0 amide bonds. The molecule has 7 nitrogen and oxygen atoms in total. The molecule has 3 rings (SSSR count). The maximum atomic E-state index is 10.7. The molecular weight excluding hydrogens is 397 g/mol. The lowest BCUT2D eigenvalue weighted by Gasteiger charge is -2.02. The number of nitrogens with zero attached hydrogens (tertiary/aromatic N) is 5. The fraction of sp³-hybridized carbons (Fsp3) is 0.0714. The molecule has 0 N–H and O–H groups in total. The standard InChI is InChI=1S/C14H10IN5O2/c15-14-13(10-4-6-12(7-5-10)20(21)22)17-18-19(14)9-11-3-1-2-8-16-11/h1-8H,9H2. The highest BCUT2D eigenvalue weighted by atomic mass is 127. The van der Waals surface area contributed by atoms with Crippen molar-refractivity contribution in [3.63, 3.8) is 0 Å². The summed E-state index contributed by atoms with van der Waals surface area (Å²) in [6.07, 6.45) is 1.73. The molecule has 0 aliphatic rings. The van der Waals surface area contributed by atoms with Gasteiger partial charge in [0.05, 0.1) is 17.2 Å². The Kier molecular flexibility index (Phi) is 4.09. The Morgan fingerprint density at radius 3 is 2.59 bits per heavy atom. The molecule has 0 spiro atoms. The van der Waals surface area contributed by atoms with Gasteiger partial charge in [0, 0.05) is 23.9 Å². The summed E-state index contributed by atoms with van der Waals surface area (Å²) in [5.74, 6) is 0. The van der Waals surface area contributed by atoms with E-state index in [9.17, 15) is 10.1 Å². The molecule has 0 radical (unpaired) electrons. The van der Waals surface area contributed by atoms with E-state index >= 15 is 0 Å². The second kappa shape index (κ2) is 6.18. The first-order chi connectivity index (χ1) is 10.6. The summed E-state index contributed by atoms with van der Waals surface area (Å²) in [5.41, 5.74) is 2.44. The molecule has 0 aliphatic heterocycles. The van der Waals surface area contributed by atoms with Crippen LogP contribution in [-0.4, -0.2) is 24.9 Å². The highest BCUT2D eigenvalue weighted by Gasteiger charge is 2.14. The molecule has 1 aromatic carbocycles. The molecule has 2 heterocycles. The largest absolute Gasteiger partial charge is 0.269 e. The van der Waals surface area contributed by atoms with Gasteiger partial charge >= 0.3 is 0 Å². The molecule has 0 saturated carbocycles. The predicted octanol–water partition coefficient (Wildman–Crippen LogP) is 2.90. The fourth-order valence-corrected chi connectivity index (χ4v) is 2.65. The Morgan fingerprint density at radius 1 is 1.18 bits per heavy atom. The lowest BCUT2D eigenvalue weighted by atomic mass is 10.1. The first-order valence-corrected chi connectivity index (χ1v) is 7.47. The minimum atomic E-state index is -0.424. The van der Waals surface area contributed by atoms with Gasteiger partial charge in [0.15, 0.2) is 0 Å². The fourth-order valence-electron chi connectivity index (χ4n) is 1.97. The minimum Gasteiger partial charge on any atom is -0.259 e. The first-order valence-electron chi connectivity index (χ1n) is 6.39. The van der Waals surface area contributed by atoms with Crippen LogP contribution in [0, 0.1) is 13.8 Å². The van der Waals surface area contributed by atoms with Gasteiger partial charge in [0.2, 0.25) is 0 Å². The third kappa shape index (κ3) is 2.96. The van der Waals surface area contributed by atoms with Crippen LogP contribution in [0.4, 0.5) is 5.69 Å². The number of hydrogen-bond donors (Lipinski definition) is 0. The van der Waals surface area contributed by atoms with Crippen LogP contribution >= 0.6 is 22.6 Å². The molecule has 8 heteroatoms. The molecule has 0 aliphatic carbocycles. The van der Waals surface area contributed by atoms with Gasteiger partial charge in [-0.15, -0.1) is 5.10 Å². The van der Waals surface area contributed by atoms with Gasteiger partial charge in [-0.3, -0.25) is 15.1 Å². The monoisotopic (exact) mass is 407 g/mol. The third-order valence-corrected chi connectivity index (χ3v) is 4.13. The van der Waals surface area contributed by atoms with Crippen molar-refractivity contribution in [2.45, 2.75) is 6.54 Å². The normalized spacial score (nSPS) is 10.6. The van der Waals surface area contributed by atoms with Crippen molar-refractivity contribution in [1.29, 1.82) is 0 Å². The Morgan fingerprint density at radius 2 is 1.95 bits per heavy atom. The number of hydrogen-bond acceptors (Lipinski definition) is 5. The van der Waals surface area contributed by atoms with Crippen molar-refractivity contribution in [2.75, 3.05) is 0 Å². The van der Waals surface area contributed by atoms with Crippen molar-refractivity contribution in [3.05, 3.63) is 68.2 Å². The number of rotatable bonds is 4. The molecule has 22 heavy (non-hydrogen) atoms. The lowest BCUT2D eigenvalue weighted by Crippen LogP contribution is -2.05. The summed E-state index contributed by atoms with van der Waals surface area (Å²) in [5, 5.41) is 19.0. The van der Waals surface area contributed by atoms with E-state index in [1.807, 2.05) is 18.2 Å². The quantitative estimate of drug-likeness (QED) is 0.377. The van der Waals surface area contributed by atoms with Crippen LogP contribution < -0.4 is 0 Å². The summed E-state index contributed by atoms with van der Waals surface area (Å²) in [6.45, 7) is 0.527. The average Bonchev–Trinajstić information content (AvgIpc) is 2.89. The molecule has 0 unspecified atom stereocenters. The Balaban J connectivity index is 1.88. The summed E-state index contributed by atoms with van der Waals surface area (Å²) in [4.78, 5) is 14.5. The average molecular weight is 407 g/mol. The highest BCUT2D eigenvalue weighted by Crippen LogP contribution is 2.25. The van der Waals surface area contributed by atoms with Crippen LogP contribution in [0.15, 0.2) is 48.7 Å². The summed E-state index contributed by atoms with van der Waals surface area (Å²) in [6, 6.07) is 12.0. The van der Waals surface area contributed by atoms with Gasteiger partial charge in [-0.2, -0.15) is 0 Å². The van der Waals surface area contributed by atoms with Gasteiger partial charge in [0.25, 0.3) is 5.69 Å². The molecule has 110 valence electrons. The zero-order valence-corrected chi connectivity index (χ0v) is 13.4. The number of halogens is 1. The van der Waals surface area contributed by atoms with Crippen LogP contribution in [0.5, 0.6) is 0 Å². The van der Waals surface area contributed by atoms with E-state index in [2.05, 4.69) is 37.9 Å². The Bertz CT molecular complexity index is 802. The number of non-ortho nitro benzene ring substituents is 1. The van der Waals surface area contributed by atoms with Gasteiger partial charge < -0.3 is 0 Å². The van der Waals surface area contributed by atoms with Crippen LogP contribution in [0.3, 0.4) is 0 Å². The smallest absolute Gasteiger partial charge is 0.259 e. The van der Waals surface area contributed by atoms with Crippen molar-refractivity contribution < 1.29 is 4.92 Å². The predicted molar refractivity (Wildman–Crippen MR) is 88.2 cm³/mol. The van der Waals surface area contributed by atoms with Gasteiger partial charge in [-0.1, -0.05) is 11.3 Å². The molecule has 2 aromatic heterocycles. The third-order valence-electron chi connectivity index (χ3n) is 3.06. The number of benzene rings is 1. The van der Waals surface area contributed by atoms with E-state index in [4.69, 9.17) is 0 Å². The summed E-state index contributed by atoms with van der Waals surface area (Å²) >= 11 is 2.16. The topological polar surface area (TPSA) is 86.7 Å². The number of nitro benzene ring substituents is 1. The second-order valence-corrected chi connectivity index (χ2v) is 5.53. The summed E-state index contributed by atoms with van der Waals surface area (Å²) < 4.78 is 2.61. The van der Waals surface area contributed by atoms with E-state index < -0.39 is 4.92 Å². The first kappa shape index (κ1) is 14.6. The molecule has 3 aromatic rings. The van der Waals surface area contributed by atoms with Crippen LogP contribution in [0.2, 0.25) is 0 Å². The molecular formula is C14H10IN5O2. The highest BCUT2D eigenvalue weighted by molar-refractivity contribution is 14.1. The summed E-state index contributed by atoms with van der Waals surface area (Å²) in [7, 11) is 0. The van der Waals surface area contributed by atoms with Crippen LogP contribution in [0.1, 0.15) is 5.69 Å². The molecule has 0 bridgehead atoms. The van der Waals surface area contributed by atoms with Crippen molar-refractivity contribution >= 4 is 28.3 Å². The zero-order chi connectivity index (χ0) is 15.5. The van der Waals surface area contributed by atoms with Crippen molar-refractivity contribution in [3.8, 4) is 11.3 Å². The number of aromatic nitrogens is 4. The molecule has 0 saturated heterocycles. The Hall–Kier alpha value is -2.36. The lowest BCUT2D eigenvalue weighted by molar-refractivity contribution is -0.384. The van der Waals surface area contributed by atoms with Gasteiger partial charge in [0.1, 0.15) is 9.39 Å². The van der Waals surface area contributed by atoms with Crippen LogP contribution in [0.25, 0.3) is 11.3 Å². The maximum absolute atomic E-state index is 10.7. The molecule has 0 atom stereocenters. The maximum Gasteiger partial charge on any atom is 0.269 e. The van der Waals surface area contributed by atoms with Gasteiger partial charge in [-0.25, -0.2) is 4.68 Å².